The summed E-state index contributed by atoms with van der Waals surface area (Å²) in [6.45, 7) is 22.5. The van der Waals surface area contributed by atoms with Gasteiger partial charge in [0.05, 0.1) is 45.2 Å². The maximum atomic E-state index is 6.51. The molecule has 0 aromatic rings. The van der Waals surface area contributed by atoms with Crippen LogP contribution in [0.25, 0.3) is 0 Å². The standard InChI is InChI=1S/C56H99NO4/c1-7-8-9-10-11-12-13-14-15-16-17-18-19-20-21-24-38-59-45-50(44-57-36-22-23-37-57)61-42-40-58-39-41-60-49-32-34-55(5)48(43-49)28-29-51-53-31-30-52(47(4)27-25-26-46(2)3)56(53,6)35-33-54(51)55/h11-12,14-15,28,46-47,49-54H,7-10,13,16-27,29-45H2,1-6H3/b12-11-,15-14-/t47-,49+,50?,51?,52-,53?,54?,55+,56-/m1/s1. The first-order valence-corrected chi connectivity index (χ1v) is 26.8. The van der Waals surface area contributed by atoms with Crippen LogP contribution in [0.4, 0.5) is 0 Å². The molecule has 9 atom stereocenters. The number of likely N-dealkylation sites (tertiary alicyclic amines) is 1. The summed E-state index contributed by atoms with van der Waals surface area (Å²) in [5, 5.41) is 0. The highest BCUT2D eigenvalue weighted by atomic mass is 16.6. The Morgan fingerprint density at radius 2 is 1.46 bits per heavy atom. The highest BCUT2D eigenvalue weighted by Crippen LogP contribution is 2.67. The number of hydrogen-bond acceptors (Lipinski definition) is 5. The largest absolute Gasteiger partial charge is 0.379 e. The van der Waals surface area contributed by atoms with Crippen LogP contribution in [-0.4, -0.2) is 76.4 Å². The van der Waals surface area contributed by atoms with E-state index in [4.69, 9.17) is 18.9 Å². The summed E-state index contributed by atoms with van der Waals surface area (Å²) >= 11 is 0. The molecule has 4 aliphatic carbocycles. The van der Waals surface area contributed by atoms with E-state index in [2.05, 4.69) is 76.8 Å². The van der Waals surface area contributed by atoms with Gasteiger partial charge in [-0.2, -0.15) is 0 Å². The zero-order valence-electron chi connectivity index (χ0n) is 41.1. The van der Waals surface area contributed by atoms with Gasteiger partial charge in [0, 0.05) is 13.2 Å². The molecule has 4 fully saturated rings. The fourth-order valence-corrected chi connectivity index (χ4v) is 13.3. The molecule has 5 heteroatoms. The molecule has 1 aliphatic heterocycles. The summed E-state index contributed by atoms with van der Waals surface area (Å²) in [5.74, 6) is 5.37. The molecule has 0 amide bonds. The van der Waals surface area contributed by atoms with Gasteiger partial charge in [-0.15, -0.1) is 0 Å². The van der Waals surface area contributed by atoms with Gasteiger partial charge >= 0.3 is 0 Å². The normalized spacial score (nSPS) is 30.3. The lowest BCUT2D eigenvalue weighted by Gasteiger charge is -2.58. The van der Waals surface area contributed by atoms with Crippen molar-refractivity contribution in [2.24, 2.45) is 46.3 Å². The van der Waals surface area contributed by atoms with Gasteiger partial charge in [-0.25, -0.2) is 0 Å². The maximum Gasteiger partial charge on any atom is 0.0936 e. The predicted octanol–water partition coefficient (Wildman–Crippen LogP) is 14.7. The van der Waals surface area contributed by atoms with Crippen LogP contribution in [0, 0.1) is 46.3 Å². The van der Waals surface area contributed by atoms with E-state index < -0.39 is 0 Å². The van der Waals surface area contributed by atoms with Crippen molar-refractivity contribution in [3.63, 3.8) is 0 Å². The van der Waals surface area contributed by atoms with Crippen LogP contribution in [0.15, 0.2) is 36.0 Å². The first-order valence-electron chi connectivity index (χ1n) is 26.8. The van der Waals surface area contributed by atoms with Crippen molar-refractivity contribution >= 4 is 0 Å². The van der Waals surface area contributed by atoms with E-state index in [0.717, 1.165) is 67.9 Å². The van der Waals surface area contributed by atoms with E-state index in [1.165, 1.54) is 154 Å². The third-order valence-electron chi connectivity index (χ3n) is 16.9. The second-order valence-electron chi connectivity index (χ2n) is 21.8. The molecule has 5 aliphatic rings. The lowest BCUT2D eigenvalue weighted by molar-refractivity contribution is -0.0730. The predicted molar refractivity (Wildman–Crippen MR) is 259 cm³/mol. The molecule has 352 valence electrons. The van der Waals surface area contributed by atoms with E-state index in [1.807, 2.05) is 0 Å². The van der Waals surface area contributed by atoms with Gasteiger partial charge in [-0.3, -0.25) is 0 Å². The number of rotatable bonds is 32. The molecule has 0 spiro atoms. The molecule has 0 radical (unpaired) electrons. The fraction of sp³-hybridized carbons (Fsp3) is 0.893. The number of unbranched alkanes of at least 4 members (excludes halogenated alkanes) is 9. The van der Waals surface area contributed by atoms with Crippen molar-refractivity contribution < 1.29 is 18.9 Å². The summed E-state index contributed by atoms with van der Waals surface area (Å²) in [6.07, 6.45) is 45.6. The van der Waals surface area contributed by atoms with Gasteiger partial charge in [-0.1, -0.05) is 135 Å². The van der Waals surface area contributed by atoms with E-state index in [0.29, 0.717) is 50.0 Å². The lowest BCUT2D eigenvalue weighted by atomic mass is 9.47. The molecular weight excluding hydrogens is 751 g/mol. The quantitative estimate of drug-likeness (QED) is 0.0498. The van der Waals surface area contributed by atoms with E-state index in [-0.39, 0.29) is 6.10 Å². The number of fused-ring (bicyclic) bond motifs is 5. The van der Waals surface area contributed by atoms with E-state index in [1.54, 1.807) is 5.57 Å². The zero-order chi connectivity index (χ0) is 43.2. The van der Waals surface area contributed by atoms with Crippen LogP contribution < -0.4 is 0 Å². The van der Waals surface area contributed by atoms with Gasteiger partial charge in [0.2, 0.25) is 0 Å². The first-order chi connectivity index (χ1) is 29.7. The molecule has 1 heterocycles. The van der Waals surface area contributed by atoms with Crippen LogP contribution in [-0.2, 0) is 18.9 Å². The number of hydrogen-bond donors (Lipinski definition) is 0. The van der Waals surface area contributed by atoms with Crippen LogP contribution in [0.1, 0.15) is 202 Å². The number of ether oxygens (including phenoxy) is 4. The second kappa shape index (κ2) is 28.1. The van der Waals surface area contributed by atoms with Crippen LogP contribution >= 0.6 is 0 Å². The highest BCUT2D eigenvalue weighted by molar-refractivity contribution is 5.25. The van der Waals surface area contributed by atoms with E-state index in [9.17, 15) is 0 Å². The van der Waals surface area contributed by atoms with Crippen LogP contribution in [0.5, 0.6) is 0 Å². The van der Waals surface area contributed by atoms with Gasteiger partial charge < -0.3 is 23.8 Å². The number of nitrogens with zero attached hydrogens (tertiary/aromatic N) is 1. The van der Waals surface area contributed by atoms with Gasteiger partial charge in [0.25, 0.3) is 0 Å². The fourth-order valence-electron chi connectivity index (χ4n) is 13.3. The monoisotopic (exact) mass is 850 g/mol. The molecular formula is C56H99NO4. The molecule has 5 nitrogen and oxygen atoms in total. The highest BCUT2D eigenvalue weighted by Gasteiger charge is 2.59. The zero-order valence-corrected chi connectivity index (χ0v) is 41.1. The lowest BCUT2D eigenvalue weighted by Crippen LogP contribution is -2.51. The Balaban J connectivity index is 0.901. The maximum absolute atomic E-state index is 6.51. The third kappa shape index (κ3) is 16.4. The molecule has 4 unspecified atom stereocenters. The number of allylic oxidation sites excluding steroid dienone is 5. The van der Waals surface area contributed by atoms with Crippen molar-refractivity contribution in [2.45, 2.75) is 214 Å². The summed E-state index contributed by atoms with van der Waals surface area (Å²) in [5.41, 5.74) is 2.68. The SMILES string of the molecule is CCCCC/C=C\C/C=C\CCCCCCCCOCC(CN1CCCC1)OCCOCCO[C@H]1CC[C@@]2(C)C(=CCC3C2CC[C@@]2(C)C3CC[C@@H]2[C@H](C)CCCC(C)C)C1. The third-order valence-corrected chi connectivity index (χ3v) is 16.9. The van der Waals surface area contributed by atoms with Gasteiger partial charge in [-0.05, 0) is 162 Å². The van der Waals surface area contributed by atoms with Crippen molar-refractivity contribution in [2.75, 3.05) is 59.3 Å². The van der Waals surface area contributed by atoms with E-state index >= 15 is 0 Å². The minimum absolute atomic E-state index is 0.124. The summed E-state index contributed by atoms with van der Waals surface area (Å²) in [7, 11) is 0. The van der Waals surface area contributed by atoms with Gasteiger partial charge in [0.15, 0.2) is 0 Å². The second-order valence-corrected chi connectivity index (χ2v) is 21.8. The summed E-state index contributed by atoms with van der Waals surface area (Å²) in [6, 6.07) is 0. The van der Waals surface area contributed by atoms with Crippen LogP contribution in [0.2, 0.25) is 0 Å². The first kappa shape index (κ1) is 51.0. The molecule has 5 rings (SSSR count). The molecule has 61 heavy (non-hydrogen) atoms. The Kier molecular flexibility index (Phi) is 23.5. The van der Waals surface area contributed by atoms with Gasteiger partial charge in [0.1, 0.15) is 0 Å². The summed E-state index contributed by atoms with van der Waals surface area (Å²) < 4.78 is 25.1. The Labute approximate surface area is 378 Å². The molecule has 0 N–H and O–H groups in total. The summed E-state index contributed by atoms with van der Waals surface area (Å²) in [4.78, 5) is 2.55. The topological polar surface area (TPSA) is 40.2 Å². The van der Waals surface area contributed by atoms with Crippen molar-refractivity contribution in [3.05, 3.63) is 36.0 Å². The molecule has 0 aromatic carbocycles. The van der Waals surface area contributed by atoms with Crippen LogP contribution in [0.3, 0.4) is 0 Å². The Hall–Kier alpha value is -0.980. The minimum Gasteiger partial charge on any atom is -0.379 e. The Bertz CT molecular complexity index is 1250. The van der Waals surface area contributed by atoms with Crippen molar-refractivity contribution in [1.82, 2.24) is 4.90 Å². The van der Waals surface area contributed by atoms with Crippen molar-refractivity contribution in [3.8, 4) is 0 Å². The molecule has 3 saturated carbocycles. The Morgan fingerprint density at radius 3 is 2.23 bits per heavy atom. The average molecular weight is 850 g/mol. The molecule has 0 bridgehead atoms. The Morgan fingerprint density at radius 1 is 0.721 bits per heavy atom. The minimum atomic E-state index is 0.124. The smallest absolute Gasteiger partial charge is 0.0936 e. The molecule has 0 aromatic heterocycles. The van der Waals surface area contributed by atoms with Crippen molar-refractivity contribution in [1.29, 1.82) is 0 Å². The molecule has 1 saturated heterocycles. The average Bonchev–Trinajstić information content (AvgIpc) is 3.90.